The number of hydrogen-bond acceptors (Lipinski definition) is 5. The third-order valence-corrected chi connectivity index (χ3v) is 7.59. The van der Waals surface area contributed by atoms with E-state index in [2.05, 4.69) is 31.0 Å². The maximum Gasteiger partial charge on any atom is 0.265 e. The van der Waals surface area contributed by atoms with Gasteiger partial charge in [0.2, 0.25) is 0 Å². The number of hydrogen-bond donors (Lipinski definition) is 0. The molecule has 5 nitrogen and oxygen atoms in total. The number of aromatic nitrogens is 1. The molecule has 0 unspecified atom stereocenters. The Bertz CT molecular complexity index is 872. The Hall–Kier alpha value is -1.92. The molecule has 148 valence electrons. The number of carbonyl (C=O) groups is 1. The lowest BCUT2D eigenvalue weighted by Crippen LogP contribution is -2.54. The van der Waals surface area contributed by atoms with Gasteiger partial charge in [0.05, 0.1) is 24.4 Å². The smallest absolute Gasteiger partial charge is 0.265 e. The number of nitrogens with zero attached hydrogens (tertiary/aromatic N) is 2. The molecule has 6 heteroatoms. The Kier molecular flexibility index (Phi) is 4.25. The first-order chi connectivity index (χ1) is 13.5. The van der Waals surface area contributed by atoms with Crippen LogP contribution in [0, 0.1) is 11.3 Å². The molecule has 1 amide bonds. The largest absolute Gasteiger partial charge is 0.487 e. The highest BCUT2D eigenvalue weighted by molar-refractivity contribution is 7.11. The van der Waals surface area contributed by atoms with Gasteiger partial charge in [0.15, 0.2) is 0 Å². The van der Waals surface area contributed by atoms with Gasteiger partial charge in [-0.25, -0.2) is 0 Å². The van der Waals surface area contributed by atoms with Crippen LogP contribution in [-0.4, -0.2) is 41.1 Å². The number of amides is 1. The maximum atomic E-state index is 12.6. The zero-order chi connectivity index (χ0) is 19.4. The van der Waals surface area contributed by atoms with E-state index in [-0.39, 0.29) is 23.0 Å². The first-order valence-corrected chi connectivity index (χ1v) is 10.9. The quantitative estimate of drug-likeness (QED) is 0.718. The van der Waals surface area contributed by atoms with Crippen molar-refractivity contribution in [2.45, 2.75) is 44.8 Å². The van der Waals surface area contributed by atoms with Gasteiger partial charge in [-0.15, -0.1) is 11.3 Å². The van der Waals surface area contributed by atoms with Crippen LogP contribution in [0.15, 0.2) is 36.0 Å². The average Bonchev–Trinajstić information content (AvgIpc) is 3.23. The number of para-hydroxylation sites is 1. The summed E-state index contributed by atoms with van der Waals surface area (Å²) in [4.78, 5) is 19.4. The van der Waals surface area contributed by atoms with Crippen molar-refractivity contribution in [1.82, 2.24) is 9.88 Å². The van der Waals surface area contributed by atoms with Crippen LogP contribution in [0.25, 0.3) is 0 Å². The van der Waals surface area contributed by atoms with Gasteiger partial charge in [-0.2, -0.15) is 0 Å². The van der Waals surface area contributed by atoms with Crippen LogP contribution in [0.4, 0.5) is 0 Å². The van der Waals surface area contributed by atoms with Gasteiger partial charge in [-0.3, -0.25) is 9.78 Å². The zero-order valence-electron chi connectivity index (χ0n) is 16.4. The molecule has 0 N–H and O–H groups in total. The van der Waals surface area contributed by atoms with E-state index in [4.69, 9.17) is 9.47 Å². The van der Waals surface area contributed by atoms with Gasteiger partial charge in [0, 0.05) is 24.6 Å². The minimum atomic E-state index is -0.262. The number of ether oxygens (including phenoxy) is 2. The van der Waals surface area contributed by atoms with Crippen molar-refractivity contribution in [2.24, 2.45) is 11.3 Å². The second-order valence-corrected chi connectivity index (χ2v) is 9.83. The topological polar surface area (TPSA) is 51.7 Å². The van der Waals surface area contributed by atoms with Gasteiger partial charge in [0.25, 0.3) is 5.91 Å². The summed E-state index contributed by atoms with van der Waals surface area (Å²) in [5, 5.41) is 0. The van der Waals surface area contributed by atoms with Crippen LogP contribution in [0.3, 0.4) is 0 Å². The summed E-state index contributed by atoms with van der Waals surface area (Å²) >= 11 is 1.42. The number of carbonyl (C=O) groups excluding carboxylic acids is 1. The minimum absolute atomic E-state index is 0.0995. The van der Waals surface area contributed by atoms with Crippen molar-refractivity contribution in [1.29, 1.82) is 0 Å². The Labute approximate surface area is 169 Å². The van der Waals surface area contributed by atoms with E-state index in [0.29, 0.717) is 5.92 Å². The second kappa shape index (κ2) is 6.56. The molecular formula is C22H26N2O3S. The summed E-state index contributed by atoms with van der Waals surface area (Å²) in [6, 6.07) is 8.27. The van der Waals surface area contributed by atoms with Crippen LogP contribution in [0.5, 0.6) is 5.75 Å². The van der Waals surface area contributed by atoms with Crippen molar-refractivity contribution in [3.05, 3.63) is 46.4 Å². The SMILES string of the molecule is CC1(C)Oc2ccccc2[C@H]2OCC3(CCN(C(=O)c4cncs4)CC3)C[C@@H]21. The number of rotatable bonds is 1. The van der Waals surface area contributed by atoms with Crippen LogP contribution in [0.1, 0.15) is 54.4 Å². The Morgan fingerprint density at radius 1 is 1.25 bits per heavy atom. The highest BCUT2D eigenvalue weighted by Gasteiger charge is 2.52. The summed E-state index contributed by atoms with van der Waals surface area (Å²) in [6.45, 7) is 6.71. The molecule has 1 aromatic carbocycles. The summed E-state index contributed by atoms with van der Waals surface area (Å²) in [5.41, 5.74) is 2.77. The molecule has 0 bridgehead atoms. The van der Waals surface area contributed by atoms with E-state index >= 15 is 0 Å². The molecule has 3 aliphatic heterocycles. The third kappa shape index (κ3) is 2.94. The minimum Gasteiger partial charge on any atom is -0.487 e. The normalized spacial score (nSPS) is 27.6. The van der Waals surface area contributed by atoms with Crippen LogP contribution >= 0.6 is 11.3 Å². The van der Waals surface area contributed by atoms with Crippen molar-refractivity contribution < 1.29 is 14.3 Å². The van der Waals surface area contributed by atoms with Crippen LogP contribution < -0.4 is 4.74 Å². The second-order valence-electron chi connectivity index (χ2n) is 8.94. The molecule has 2 aromatic rings. The lowest BCUT2D eigenvalue weighted by Gasteiger charge is -2.54. The molecule has 5 rings (SSSR count). The molecule has 0 radical (unpaired) electrons. The molecule has 1 aromatic heterocycles. The van der Waals surface area contributed by atoms with Crippen molar-refractivity contribution in [3.63, 3.8) is 0 Å². The molecule has 2 fully saturated rings. The Morgan fingerprint density at radius 2 is 2.04 bits per heavy atom. The number of thiazole rings is 1. The molecule has 0 saturated carbocycles. The van der Waals surface area contributed by atoms with Gasteiger partial charge >= 0.3 is 0 Å². The van der Waals surface area contributed by atoms with Crippen molar-refractivity contribution >= 4 is 17.2 Å². The Balaban J connectivity index is 1.33. The van der Waals surface area contributed by atoms with E-state index in [0.717, 1.165) is 49.6 Å². The monoisotopic (exact) mass is 398 g/mol. The van der Waals surface area contributed by atoms with E-state index in [1.807, 2.05) is 17.0 Å². The van der Waals surface area contributed by atoms with Gasteiger partial charge in [0.1, 0.15) is 16.2 Å². The van der Waals surface area contributed by atoms with Crippen LogP contribution in [0.2, 0.25) is 0 Å². The van der Waals surface area contributed by atoms with E-state index in [9.17, 15) is 4.79 Å². The standard InChI is InChI=1S/C22H26N2O3S/c1-21(2)16-11-22(13-26-19(16)15-5-3-4-6-17(15)27-21)7-9-24(10-8-22)20(25)18-12-23-14-28-18/h3-6,12,14,16,19H,7-11,13H2,1-2H3/t16-,19+/m0/s1. The number of benzene rings is 1. The average molecular weight is 399 g/mol. The molecule has 0 aliphatic carbocycles. The molecule has 3 aliphatic rings. The van der Waals surface area contributed by atoms with E-state index in [1.165, 1.54) is 16.9 Å². The highest BCUT2D eigenvalue weighted by atomic mass is 32.1. The fraction of sp³-hybridized carbons (Fsp3) is 0.545. The molecule has 2 saturated heterocycles. The summed E-state index contributed by atoms with van der Waals surface area (Å²) in [5.74, 6) is 1.39. The predicted molar refractivity (Wildman–Crippen MR) is 108 cm³/mol. The van der Waals surface area contributed by atoms with E-state index in [1.54, 1.807) is 11.7 Å². The lowest BCUT2D eigenvalue weighted by atomic mass is 9.64. The first kappa shape index (κ1) is 18.1. The maximum absolute atomic E-state index is 12.6. The van der Waals surface area contributed by atoms with Gasteiger partial charge in [-0.05, 0) is 44.6 Å². The fourth-order valence-electron chi connectivity index (χ4n) is 5.11. The van der Waals surface area contributed by atoms with E-state index < -0.39 is 0 Å². The summed E-state index contributed by atoms with van der Waals surface area (Å²) in [6.07, 6.45) is 4.83. The third-order valence-electron chi connectivity index (χ3n) is 6.83. The summed E-state index contributed by atoms with van der Waals surface area (Å²) < 4.78 is 12.9. The molecule has 4 heterocycles. The highest BCUT2D eigenvalue weighted by Crippen LogP contribution is 2.55. The fourth-order valence-corrected chi connectivity index (χ4v) is 5.70. The van der Waals surface area contributed by atoms with Crippen LogP contribution in [-0.2, 0) is 4.74 Å². The van der Waals surface area contributed by atoms with Crippen molar-refractivity contribution in [3.8, 4) is 5.75 Å². The van der Waals surface area contributed by atoms with Crippen molar-refractivity contribution in [2.75, 3.05) is 19.7 Å². The lowest BCUT2D eigenvalue weighted by molar-refractivity contribution is -0.173. The number of likely N-dealkylation sites (tertiary alicyclic amines) is 1. The predicted octanol–water partition coefficient (Wildman–Crippen LogP) is 4.31. The Morgan fingerprint density at radius 3 is 2.79 bits per heavy atom. The molecular weight excluding hydrogens is 372 g/mol. The van der Waals surface area contributed by atoms with Gasteiger partial charge in [-0.1, -0.05) is 18.2 Å². The number of fused-ring (bicyclic) bond motifs is 3. The summed E-state index contributed by atoms with van der Waals surface area (Å²) in [7, 11) is 0. The molecule has 1 spiro atoms. The molecule has 28 heavy (non-hydrogen) atoms. The zero-order valence-corrected chi connectivity index (χ0v) is 17.2. The molecule has 2 atom stereocenters. The first-order valence-electron chi connectivity index (χ1n) is 10.0. The number of piperidine rings is 1. The van der Waals surface area contributed by atoms with Gasteiger partial charge < -0.3 is 14.4 Å².